The van der Waals surface area contributed by atoms with Crippen LogP contribution in [0.3, 0.4) is 0 Å². The number of methoxy groups -OCH3 is 1. The van der Waals surface area contributed by atoms with Crippen LogP contribution in [0.2, 0.25) is 0 Å². The maximum absolute atomic E-state index is 15.2. The molecule has 208 valence electrons. The minimum absolute atomic E-state index is 0.0393. The van der Waals surface area contributed by atoms with E-state index >= 15 is 4.39 Å². The molecule has 0 saturated heterocycles. The van der Waals surface area contributed by atoms with Gasteiger partial charge in [0.15, 0.2) is 0 Å². The molecule has 39 heavy (non-hydrogen) atoms. The number of rotatable bonds is 8. The highest BCUT2D eigenvalue weighted by molar-refractivity contribution is 6.03. The lowest BCUT2D eigenvalue weighted by atomic mass is 9.69. The molecule has 3 N–H and O–H groups in total. The summed E-state index contributed by atoms with van der Waals surface area (Å²) in [5.74, 6) is -0.779. The second-order valence-corrected chi connectivity index (χ2v) is 10.5. The van der Waals surface area contributed by atoms with Gasteiger partial charge in [0, 0.05) is 24.4 Å². The predicted octanol–water partition coefficient (Wildman–Crippen LogP) is 6.34. The standard InChI is InChI=1S/C30H36F2N4O3/c1-6-18-11-19(12-24(33)17(18)4)21-9-10-34-15-26(21)36-30(37)25-8-7-22(31)29(35-25)28-23(32)13-20(39-16(2)3)14-27(28)38-5/h7-10,13-19,24H,6,11-12,33H2,1-5H3,(H,36,37)/t17-,18-,19+,24+/m0/s1. The van der Waals surface area contributed by atoms with Crippen LogP contribution in [-0.2, 0) is 0 Å². The van der Waals surface area contributed by atoms with E-state index < -0.39 is 17.5 Å². The number of carbonyl (C=O) groups excluding carboxylic acids is 1. The van der Waals surface area contributed by atoms with Crippen molar-refractivity contribution >= 4 is 11.6 Å². The molecular formula is C30H36F2N4O3. The molecule has 7 nitrogen and oxygen atoms in total. The summed E-state index contributed by atoms with van der Waals surface area (Å²) >= 11 is 0. The van der Waals surface area contributed by atoms with E-state index in [1.54, 1.807) is 26.2 Å². The zero-order chi connectivity index (χ0) is 28.3. The van der Waals surface area contributed by atoms with Crippen molar-refractivity contribution in [1.29, 1.82) is 0 Å². The first-order valence-electron chi connectivity index (χ1n) is 13.3. The lowest BCUT2D eigenvalue weighted by Gasteiger charge is -2.39. The fourth-order valence-corrected chi connectivity index (χ4v) is 5.45. The quantitative estimate of drug-likeness (QED) is 0.347. The summed E-state index contributed by atoms with van der Waals surface area (Å²) in [5, 5.41) is 2.88. The highest BCUT2D eigenvalue weighted by Gasteiger charge is 2.34. The number of nitrogens with zero attached hydrogens (tertiary/aromatic N) is 2. The number of pyridine rings is 2. The minimum Gasteiger partial charge on any atom is -0.496 e. The Bertz CT molecular complexity index is 1330. The minimum atomic E-state index is -0.792. The molecule has 1 saturated carbocycles. The third-order valence-corrected chi connectivity index (χ3v) is 7.56. The molecule has 4 rings (SSSR count). The van der Waals surface area contributed by atoms with Crippen molar-refractivity contribution in [3.63, 3.8) is 0 Å². The first-order valence-corrected chi connectivity index (χ1v) is 13.3. The van der Waals surface area contributed by atoms with Gasteiger partial charge < -0.3 is 20.5 Å². The third kappa shape index (κ3) is 6.19. The molecular weight excluding hydrogens is 502 g/mol. The van der Waals surface area contributed by atoms with Crippen molar-refractivity contribution in [1.82, 2.24) is 9.97 Å². The van der Waals surface area contributed by atoms with Crippen LogP contribution in [0.15, 0.2) is 42.7 Å². The molecule has 3 aromatic rings. The van der Waals surface area contributed by atoms with E-state index in [2.05, 4.69) is 29.1 Å². The monoisotopic (exact) mass is 538 g/mol. The van der Waals surface area contributed by atoms with Gasteiger partial charge in [-0.2, -0.15) is 0 Å². The molecule has 9 heteroatoms. The van der Waals surface area contributed by atoms with Gasteiger partial charge in [-0.15, -0.1) is 0 Å². The Labute approximate surface area is 228 Å². The molecule has 0 radical (unpaired) electrons. The first-order chi connectivity index (χ1) is 18.6. The van der Waals surface area contributed by atoms with E-state index in [-0.39, 0.29) is 46.5 Å². The second kappa shape index (κ2) is 12.1. The van der Waals surface area contributed by atoms with E-state index in [4.69, 9.17) is 15.2 Å². The SMILES string of the molecule is CC[C@H]1C[C@@H](c2ccncc2NC(=O)c2ccc(F)c(-c3c(F)cc(OC(C)C)cc3OC)n2)C[C@@H](N)[C@H]1C. The number of hydrogen-bond acceptors (Lipinski definition) is 6. The number of hydrogen-bond donors (Lipinski definition) is 2. The molecule has 0 spiro atoms. The molecule has 1 fully saturated rings. The number of halogens is 2. The summed E-state index contributed by atoms with van der Waals surface area (Å²) in [7, 11) is 1.34. The van der Waals surface area contributed by atoms with Gasteiger partial charge in [0.25, 0.3) is 5.91 Å². The normalized spacial score (nSPS) is 21.1. The summed E-state index contributed by atoms with van der Waals surface area (Å²) in [6.07, 6.45) is 5.90. The largest absolute Gasteiger partial charge is 0.496 e. The highest BCUT2D eigenvalue weighted by Crippen LogP contribution is 2.42. The Morgan fingerprint density at radius 2 is 1.95 bits per heavy atom. The van der Waals surface area contributed by atoms with E-state index in [9.17, 15) is 9.18 Å². The molecule has 1 aliphatic rings. The Morgan fingerprint density at radius 3 is 2.64 bits per heavy atom. The van der Waals surface area contributed by atoms with Crippen molar-refractivity contribution in [2.75, 3.05) is 12.4 Å². The van der Waals surface area contributed by atoms with Crippen LogP contribution in [0.1, 0.15) is 68.9 Å². The van der Waals surface area contributed by atoms with Crippen molar-refractivity contribution in [2.24, 2.45) is 17.6 Å². The Kier molecular flexibility index (Phi) is 8.80. The van der Waals surface area contributed by atoms with Crippen LogP contribution in [0.4, 0.5) is 14.5 Å². The fraction of sp³-hybridized carbons (Fsp3) is 0.433. The number of aromatic nitrogens is 2. The van der Waals surface area contributed by atoms with Crippen molar-refractivity contribution in [3.05, 3.63) is 65.6 Å². The molecule has 0 unspecified atom stereocenters. The summed E-state index contributed by atoms with van der Waals surface area (Å²) in [6.45, 7) is 7.98. The van der Waals surface area contributed by atoms with E-state index in [1.807, 2.05) is 6.07 Å². The number of amides is 1. The zero-order valence-electron chi connectivity index (χ0n) is 23.0. The van der Waals surface area contributed by atoms with Gasteiger partial charge in [0.2, 0.25) is 0 Å². The number of carbonyl (C=O) groups is 1. The van der Waals surface area contributed by atoms with Gasteiger partial charge in [0.1, 0.15) is 34.5 Å². The van der Waals surface area contributed by atoms with Crippen LogP contribution < -0.4 is 20.5 Å². The number of anilines is 1. The van der Waals surface area contributed by atoms with Gasteiger partial charge in [-0.1, -0.05) is 20.3 Å². The number of benzene rings is 1. The van der Waals surface area contributed by atoms with E-state index in [0.717, 1.165) is 37.0 Å². The fourth-order valence-electron chi connectivity index (χ4n) is 5.45. The smallest absolute Gasteiger partial charge is 0.274 e. The van der Waals surface area contributed by atoms with E-state index in [0.29, 0.717) is 17.5 Å². The predicted molar refractivity (Wildman–Crippen MR) is 147 cm³/mol. The molecule has 2 heterocycles. The zero-order valence-corrected chi connectivity index (χ0v) is 23.0. The van der Waals surface area contributed by atoms with Crippen LogP contribution in [0.25, 0.3) is 11.3 Å². The maximum Gasteiger partial charge on any atom is 0.274 e. The molecule has 0 bridgehead atoms. The van der Waals surface area contributed by atoms with Crippen molar-refractivity contribution in [3.8, 4) is 22.8 Å². The Balaban J connectivity index is 1.64. The summed E-state index contributed by atoms with van der Waals surface area (Å²) in [5.41, 5.74) is 7.37. The van der Waals surface area contributed by atoms with Crippen molar-refractivity contribution < 1.29 is 23.0 Å². The molecule has 4 atom stereocenters. The van der Waals surface area contributed by atoms with Crippen molar-refractivity contribution in [2.45, 2.75) is 65.0 Å². The van der Waals surface area contributed by atoms with Gasteiger partial charge in [-0.3, -0.25) is 9.78 Å². The molecule has 2 aromatic heterocycles. The second-order valence-electron chi connectivity index (χ2n) is 10.5. The third-order valence-electron chi connectivity index (χ3n) is 7.56. The number of nitrogens with one attached hydrogen (secondary N) is 1. The lowest BCUT2D eigenvalue weighted by molar-refractivity contribution is 0.102. The topological polar surface area (TPSA) is 99.4 Å². The molecule has 1 aromatic carbocycles. The summed E-state index contributed by atoms with van der Waals surface area (Å²) in [6, 6.07) is 6.93. The van der Waals surface area contributed by atoms with Gasteiger partial charge in [0.05, 0.1) is 30.7 Å². The van der Waals surface area contributed by atoms with Crippen LogP contribution in [0, 0.1) is 23.5 Å². The number of nitrogens with two attached hydrogens (primary N) is 1. The van der Waals surface area contributed by atoms with Crippen LogP contribution in [0.5, 0.6) is 11.5 Å². The maximum atomic E-state index is 15.2. The van der Waals surface area contributed by atoms with Crippen LogP contribution >= 0.6 is 0 Å². The summed E-state index contributed by atoms with van der Waals surface area (Å²) in [4.78, 5) is 21.7. The average molecular weight is 539 g/mol. The number of ether oxygens (including phenoxy) is 2. The molecule has 1 aliphatic carbocycles. The summed E-state index contributed by atoms with van der Waals surface area (Å²) < 4.78 is 41.0. The van der Waals surface area contributed by atoms with Gasteiger partial charge in [-0.05, 0) is 68.2 Å². The molecule has 1 amide bonds. The highest BCUT2D eigenvalue weighted by atomic mass is 19.1. The van der Waals surface area contributed by atoms with E-state index in [1.165, 1.54) is 19.2 Å². The Morgan fingerprint density at radius 1 is 1.18 bits per heavy atom. The first kappa shape index (κ1) is 28.4. The van der Waals surface area contributed by atoms with Crippen LogP contribution in [-0.4, -0.2) is 35.1 Å². The average Bonchev–Trinajstić information content (AvgIpc) is 2.90. The van der Waals surface area contributed by atoms with Gasteiger partial charge >= 0.3 is 0 Å². The Hall–Kier alpha value is -3.59. The lowest BCUT2D eigenvalue weighted by Crippen LogP contribution is -2.39. The van der Waals surface area contributed by atoms with Gasteiger partial charge in [-0.25, -0.2) is 13.8 Å². The molecule has 0 aliphatic heterocycles.